The number of carboxylic acid groups (broad SMARTS) is 1. The Bertz CT molecular complexity index is 1030. The summed E-state index contributed by atoms with van der Waals surface area (Å²) in [6, 6.07) is 8.92. The maximum atomic E-state index is 12.6. The van der Waals surface area contributed by atoms with Crippen LogP contribution in [0.1, 0.15) is 44.7 Å². The molecule has 8 heteroatoms. The quantitative estimate of drug-likeness (QED) is 0.704. The van der Waals surface area contributed by atoms with E-state index < -0.39 is 21.9 Å². The minimum absolute atomic E-state index is 0.0280. The number of aryl methyl sites for hydroxylation is 2. The van der Waals surface area contributed by atoms with Crippen molar-refractivity contribution in [3.8, 4) is 0 Å². The molecule has 2 aromatic rings. The third kappa shape index (κ3) is 4.35. The summed E-state index contributed by atoms with van der Waals surface area (Å²) in [4.78, 5) is 23.9. The van der Waals surface area contributed by atoms with Crippen LogP contribution in [0.3, 0.4) is 0 Å². The molecule has 0 unspecified atom stereocenters. The Hall–Kier alpha value is -2.71. The molecular formula is C19H20N2O5S. The predicted molar refractivity (Wildman–Crippen MR) is 101 cm³/mol. The molecular weight excluding hydrogens is 368 g/mol. The molecule has 1 aliphatic carbocycles. The minimum atomic E-state index is -3.67. The highest BCUT2D eigenvalue weighted by Crippen LogP contribution is 2.24. The third-order valence-electron chi connectivity index (χ3n) is 4.39. The monoisotopic (exact) mass is 388 g/mol. The van der Waals surface area contributed by atoms with E-state index in [0.29, 0.717) is 16.8 Å². The van der Waals surface area contributed by atoms with Crippen LogP contribution in [-0.4, -0.2) is 31.4 Å². The fourth-order valence-electron chi connectivity index (χ4n) is 2.63. The van der Waals surface area contributed by atoms with Crippen molar-refractivity contribution >= 4 is 27.6 Å². The van der Waals surface area contributed by atoms with Gasteiger partial charge in [-0.25, -0.2) is 17.9 Å². The Kier molecular flexibility index (Phi) is 5.03. The average Bonchev–Trinajstić information content (AvgIpc) is 3.39. The van der Waals surface area contributed by atoms with Gasteiger partial charge < -0.3 is 10.4 Å². The molecule has 0 spiro atoms. The molecule has 3 N–H and O–H groups in total. The summed E-state index contributed by atoms with van der Waals surface area (Å²) in [5.41, 5.74) is 1.83. The number of carbonyl (C=O) groups excluding carboxylic acids is 1. The van der Waals surface area contributed by atoms with Gasteiger partial charge in [0.2, 0.25) is 10.0 Å². The number of hydrogen-bond acceptors (Lipinski definition) is 4. The SMILES string of the molecule is Cc1ccc(NC(=O)c2cc(S(=O)(=O)NC3CC3)ccc2C)cc1C(=O)O. The Labute approximate surface area is 157 Å². The second-order valence-corrected chi connectivity index (χ2v) is 8.38. The molecule has 2 aromatic carbocycles. The molecule has 1 amide bonds. The van der Waals surface area contributed by atoms with E-state index in [2.05, 4.69) is 10.0 Å². The molecule has 1 fully saturated rings. The van der Waals surface area contributed by atoms with Crippen molar-refractivity contribution in [1.82, 2.24) is 4.72 Å². The van der Waals surface area contributed by atoms with Crippen LogP contribution in [0, 0.1) is 13.8 Å². The number of anilines is 1. The van der Waals surface area contributed by atoms with E-state index in [1.807, 2.05) is 0 Å². The van der Waals surface area contributed by atoms with Gasteiger partial charge >= 0.3 is 5.97 Å². The number of benzene rings is 2. The van der Waals surface area contributed by atoms with Crippen molar-refractivity contribution in [1.29, 1.82) is 0 Å². The molecule has 0 saturated heterocycles. The molecule has 1 saturated carbocycles. The number of carbonyl (C=O) groups is 2. The molecule has 3 rings (SSSR count). The van der Waals surface area contributed by atoms with Gasteiger partial charge in [-0.3, -0.25) is 4.79 Å². The van der Waals surface area contributed by atoms with Gasteiger partial charge in [-0.05, 0) is 62.1 Å². The zero-order valence-electron chi connectivity index (χ0n) is 14.9. The maximum absolute atomic E-state index is 12.6. The average molecular weight is 388 g/mol. The smallest absolute Gasteiger partial charge is 0.336 e. The zero-order valence-corrected chi connectivity index (χ0v) is 15.8. The molecule has 0 aliphatic heterocycles. The van der Waals surface area contributed by atoms with E-state index in [1.165, 1.54) is 18.2 Å². The summed E-state index contributed by atoms with van der Waals surface area (Å²) < 4.78 is 27.3. The fourth-order valence-corrected chi connectivity index (χ4v) is 3.96. The molecule has 0 radical (unpaired) electrons. The lowest BCUT2D eigenvalue weighted by Gasteiger charge is -2.12. The van der Waals surface area contributed by atoms with Crippen LogP contribution in [0.5, 0.6) is 0 Å². The zero-order chi connectivity index (χ0) is 19.8. The van der Waals surface area contributed by atoms with E-state index >= 15 is 0 Å². The highest BCUT2D eigenvalue weighted by atomic mass is 32.2. The fraction of sp³-hybridized carbons (Fsp3) is 0.263. The van der Waals surface area contributed by atoms with Crippen molar-refractivity contribution in [2.24, 2.45) is 0 Å². The van der Waals surface area contributed by atoms with E-state index in [4.69, 9.17) is 0 Å². The number of rotatable bonds is 6. The first kappa shape index (κ1) is 19.1. The molecule has 0 atom stereocenters. The summed E-state index contributed by atoms with van der Waals surface area (Å²) in [7, 11) is -3.67. The van der Waals surface area contributed by atoms with Crippen molar-refractivity contribution < 1.29 is 23.1 Å². The first-order chi connectivity index (χ1) is 12.7. The van der Waals surface area contributed by atoms with E-state index in [9.17, 15) is 23.1 Å². The van der Waals surface area contributed by atoms with Gasteiger partial charge in [0.05, 0.1) is 10.5 Å². The lowest BCUT2D eigenvalue weighted by molar-refractivity contribution is 0.0695. The molecule has 142 valence electrons. The van der Waals surface area contributed by atoms with Crippen LogP contribution in [0.4, 0.5) is 5.69 Å². The number of carboxylic acids is 1. The molecule has 0 aromatic heterocycles. The van der Waals surface area contributed by atoms with Gasteiger partial charge in [-0.1, -0.05) is 12.1 Å². The normalized spacial score (nSPS) is 14.0. The molecule has 1 aliphatic rings. The van der Waals surface area contributed by atoms with Crippen LogP contribution in [0.25, 0.3) is 0 Å². The first-order valence-electron chi connectivity index (χ1n) is 8.45. The summed E-state index contributed by atoms with van der Waals surface area (Å²) in [5, 5.41) is 11.8. The lowest BCUT2D eigenvalue weighted by atomic mass is 10.1. The number of sulfonamides is 1. The topological polar surface area (TPSA) is 113 Å². The number of aromatic carboxylic acids is 1. The van der Waals surface area contributed by atoms with Crippen LogP contribution >= 0.6 is 0 Å². The summed E-state index contributed by atoms with van der Waals surface area (Å²) in [5.74, 6) is -1.59. The van der Waals surface area contributed by atoms with Crippen LogP contribution in [0.15, 0.2) is 41.3 Å². The Morgan fingerprint density at radius 2 is 1.63 bits per heavy atom. The number of nitrogens with one attached hydrogen (secondary N) is 2. The lowest BCUT2D eigenvalue weighted by Crippen LogP contribution is -2.26. The summed E-state index contributed by atoms with van der Waals surface area (Å²) in [6.45, 7) is 3.37. The highest BCUT2D eigenvalue weighted by molar-refractivity contribution is 7.89. The van der Waals surface area contributed by atoms with Crippen molar-refractivity contribution in [2.75, 3.05) is 5.32 Å². The second-order valence-electron chi connectivity index (χ2n) is 6.66. The van der Waals surface area contributed by atoms with E-state index in [0.717, 1.165) is 12.8 Å². The Morgan fingerprint density at radius 1 is 1.00 bits per heavy atom. The van der Waals surface area contributed by atoms with E-state index in [-0.39, 0.29) is 22.1 Å². The van der Waals surface area contributed by atoms with Crippen LogP contribution in [-0.2, 0) is 10.0 Å². The van der Waals surface area contributed by atoms with Gasteiger partial charge in [0.25, 0.3) is 5.91 Å². The molecule has 0 bridgehead atoms. The van der Waals surface area contributed by atoms with E-state index in [1.54, 1.807) is 32.0 Å². The van der Waals surface area contributed by atoms with Gasteiger partial charge in [-0.15, -0.1) is 0 Å². The first-order valence-corrected chi connectivity index (χ1v) is 9.94. The van der Waals surface area contributed by atoms with Crippen LogP contribution in [0.2, 0.25) is 0 Å². The number of hydrogen-bond donors (Lipinski definition) is 3. The van der Waals surface area contributed by atoms with Gasteiger partial charge in [-0.2, -0.15) is 0 Å². The summed E-state index contributed by atoms with van der Waals surface area (Å²) in [6.07, 6.45) is 1.63. The van der Waals surface area contributed by atoms with Gasteiger partial charge in [0.1, 0.15) is 0 Å². The van der Waals surface area contributed by atoms with Gasteiger partial charge in [0.15, 0.2) is 0 Å². The highest BCUT2D eigenvalue weighted by Gasteiger charge is 2.28. The molecule has 7 nitrogen and oxygen atoms in total. The largest absolute Gasteiger partial charge is 0.478 e. The standard InChI is InChI=1S/C19H20N2O5S/c1-11-4-8-15(27(25,26)21-13-6-7-13)10-16(11)18(22)20-14-5-3-12(2)17(9-14)19(23)24/h3-5,8-10,13,21H,6-7H2,1-2H3,(H,20,22)(H,23,24). The van der Waals surface area contributed by atoms with Crippen molar-refractivity contribution in [3.05, 3.63) is 58.7 Å². The van der Waals surface area contributed by atoms with Crippen molar-refractivity contribution in [3.63, 3.8) is 0 Å². The maximum Gasteiger partial charge on any atom is 0.336 e. The third-order valence-corrected chi connectivity index (χ3v) is 5.91. The second kappa shape index (κ2) is 7.13. The van der Waals surface area contributed by atoms with Gasteiger partial charge in [0, 0.05) is 17.3 Å². The Morgan fingerprint density at radius 3 is 2.26 bits per heavy atom. The Balaban J connectivity index is 1.87. The molecule has 0 heterocycles. The predicted octanol–water partition coefficient (Wildman–Crippen LogP) is 2.69. The minimum Gasteiger partial charge on any atom is -0.478 e. The summed E-state index contributed by atoms with van der Waals surface area (Å²) >= 11 is 0. The van der Waals surface area contributed by atoms with Crippen molar-refractivity contribution in [2.45, 2.75) is 37.6 Å². The molecule has 27 heavy (non-hydrogen) atoms. The number of amides is 1. The van der Waals surface area contributed by atoms with Crippen LogP contribution < -0.4 is 10.0 Å².